The van der Waals surface area contributed by atoms with E-state index in [0.29, 0.717) is 17.9 Å². The van der Waals surface area contributed by atoms with E-state index in [9.17, 15) is 4.79 Å². The summed E-state index contributed by atoms with van der Waals surface area (Å²) in [5.74, 6) is 1.52. The lowest BCUT2D eigenvalue weighted by atomic mass is 10.1. The van der Waals surface area contributed by atoms with Crippen molar-refractivity contribution in [3.05, 3.63) is 35.7 Å². The minimum Gasteiger partial charge on any atom is -0.333 e. The highest BCUT2D eigenvalue weighted by molar-refractivity contribution is 5.82. The highest BCUT2D eigenvalue weighted by Gasteiger charge is 2.32. The summed E-state index contributed by atoms with van der Waals surface area (Å²) in [4.78, 5) is 14.3. The van der Waals surface area contributed by atoms with Gasteiger partial charge in [-0.15, -0.1) is 10.2 Å². The van der Waals surface area contributed by atoms with Crippen LogP contribution in [0.1, 0.15) is 37.7 Å². The van der Waals surface area contributed by atoms with Crippen molar-refractivity contribution < 1.29 is 4.79 Å². The Morgan fingerprint density at radius 1 is 1.41 bits per heavy atom. The molecule has 2 aromatic rings. The first kappa shape index (κ1) is 14.3. The van der Waals surface area contributed by atoms with Gasteiger partial charge in [0.25, 0.3) is 0 Å². The van der Waals surface area contributed by atoms with Crippen molar-refractivity contribution in [1.82, 2.24) is 19.7 Å². The van der Waals surface area contributed by atoms with Gasteiger partial charge in [-0.25, -0.2) is 0 Å². The molecule has 1 amide bonds. The molecule has 0 radical (unpaired) electrons. The van der Waals surface area contributed by atoms with Crippen LogP contribution in [0.5, 0.6) is 0 Å². The zero-order valence-corrected chi connectivity index (χ0v) is 12.7. The Balaban J connectivity index is 2.05. The van der Waals surface area contributed by atoms with E-state index in [0.717, 1.165) is 24.4 Å². The molecule has 0 saturated heterocycles. The van der Waals surface area contributed by atoms with Crippen LogP contribution in [-0.4, -0.2) is 32.1 Å². The molecule has 6 heteroatoms. The van der Waals surface area contributed by atoms with Crippen LogP contribution in [0.3, 0.4) is 0 Å². The van der Waals surface area contributed by atoms with Crippen molar-refractivity contribution in [2.24, 2.45) is 0 Å². The van der Waals surface area contributed by atoms with Crippen LogP contribution in [0.4, 0.5) is 0 Å². The fourth-order valence-electron chi connectivity index (χ4n) is 2.85. The van der Waals surface area contributed by atoms with E-state index in [4.69, 9.17) is 5.26 Å². The molecule has 2 heterocycles. The standard InChI is InChI=1S/C16H17N5O/c1-3-7-20-10-14-18-19-15(21(14)11(2)16(20)22)13-6-4-5-12(8-13)9-17/h4-6,8,11H,3,7,10H2,1-2H3/t11-/m1/s1. The molecule has 1 aromatic heterocycles. The van der Waals surface area contributed by atoms with Crippen LogP contribution in [0, 0.1) is 11.3 Å². The number of aromatic nitrogens is 3. The predicted molar refractivity (Wildman–Crippen MR) is 80.6 cm³/mol. The molecule has 0 fully saturated rings. The van der Waals surface area contributed by atoms with Crippen LogP contribution in [0.2, 0.25) is 0 Å². The van der Waals surface area contributed by atoms with Crippen molar-refractivity contribution in [2.45, 2.75) is 32.9 Å². The van der Waals surface area contributed by atoms with Gasteiger partial charge in [0.15, 0.2) is 11.6 Å². The molecule has 6 nitrogen and oxygen atoms in total. The highest BCUT2D eigenvalue weighted by Crippen LogP contribution is 2.28. The lowest BCUT2D eigenvalue weighted by Crippen LogP contribution is -2.42. The van der Waals surface area contributed by atoms with Gasteiger partial charge in [0.2, 0.25) is 5.91 Å². The quantitative estimate of drug-likeness (QED) is 0.869. The highest BCUT2D eigenvalue weighted by atomic mass is 16.2. The SMILES string of the molecule is CCCN1Cc2nnc(-c3cccc(C#N)c3)n2[C@H](C)C1=O. The Morgan fingerprint density at radius 3 is 2.95 bits per heavy atom. The van der Waals surface area contributed by atoms with Crippen molar-refractivity contribution in [3.63, 3.8) is 0 Å². The van der Waals surface area contributed by atoms with E-state index in [2.05, 4.69) is 23.2 Å². The third-order valence-electron chi connectivity index (χ3n) is 3.90. The fraction of sp³-hybridized carbons (Fsp3) is 0.375. The van der Waals surface area contributed by atoms with E-state index in [1.165, 1.54) is 0 Å². The maximum Gasteiger partial charge on any atom is 0.245 e. The first-order valence-electron chi connectivity index (χ1n) is 7.38. The average Bonchev–Trinajstić information content (AvgIpc) is 2.96. The van der Waals surface area contributed by atoms with Gasteiger partial charge in [-0.1, -0.05) is 19.1 Å². The summed E-state index contributed by atoms with van der Waals surface area (Å²) in [5, 5.41) is 17.5. The van der Waals surface area contributed by atoms with Gasteiger partial charge in [-0.2, -0.15) is 5.26 Å². The normalized spacial score (nSPS) is 17.2. The fourth-order valence-corrected chi connectivity index (χ4v) is 2.85. The van der Waals surface area contributed by atoms with Crippen LogP contribution >= 0.6 is 0 Å². The number of hydrogen-bond donors (Lipinski definition) is 0. The van der Waals surface area contributed by atoms with E-state index in [1.807, 2.05) is 28.5 Å². The number of nitrogens with zero attached hydrogens (tertiary/aromatic N) is 5. The topological polar surface area (TPSA) is 74.8 Å². The van der Waals surface area contributed by atoms with Crippen LogP contribution < -0.4 is 0 Å². The van der Waals surface area contributed by atoms with E-state index < -0.39 is 0 Å². The maximum absolute atomic E-state index is 12.5. The summed E-state index contributed by atoms with van der Waals surface area (Å²) in [5.41, 5.74) is 1.37. The number of benzene rings is 1. The molecule has 0 unspecified atom stereocenters. The van der Waals surface area contributed by atoms with Gasteiger partial charge >= 0.3 is 0 Å². The lowest BCUT2D eigenvalue weighted by molar-refractivity contribution is -0.136. The number of fused-ring (bicyclic) bond motifs is 1. The Bertz CT molecular complexity index is 758. The minimum atomic E-state index is -0.328. The predicted octanol–water partition coefficient (Wildman–Crippen LogP) is 2.13. The molecule has 3 rings (SSSR count). The summed E-state index contributed by atoms with van der Waals surface area (Å²) < 4.78 is 1.88. The first-order valence-corrected chi connectivity index (χ1v) is 7.38. The molecule has 0 N–H and O–H groups in total. The van der Waals surface area contributed by atoms with Gasteiger partial charge in [-0.05, 0) is 25.5 Å². The summed E-state index contributed by atoms with van der Waals surface area (Å²) in [6.45, 7) is 5.14. The molecule has 1 aromatic carbocycles. The Kier molecular flexibility index (Phi) is 3.63. The molecule has 1 atom stereocenters. The molecular formula is C16H17N5O. The molecule has 1 aliphatic rings. The summed E-state index contributed by atoms with van der Waals surface area (Å²) in [6.07, 6.45) is 0.920. The maximum atomic E-state index is 12.5. The van der Waals surface area contributed by atoms with Crippen LogP contribution in [-0.2, 0) is 11.3 Å². The van der Waals surface area contributed by atoms with Gasteiger partial charge < -0.3 is 4.90 Å². The average molecular weight is 295 g/mol. The van der Waals surface area contributed by atoms with Crippen molar-refractivity contribution >= 4 is 5.91 Å². The molecule has 0 saturated carbocycles. The first-order chi connectivity index (χ1) is 10.7. The van der Waals surface area contributed by atoms with E-state index >= 15 is 0 Å². The second-order valence-electron chi connectivity index (χ2n) is 5.44. The summed E-state index contributed by atoms with van der Waals surface area (Å²) in [6, 6.07) is 9.00. The summed E-state index contributed by atoms with van der Waals surface area (Å²) in [7, 11) is 0. The van der Waals surface area contributed by atoms with Crippen molar-refractivity contribution in [2.75, 3.05) is 6.54 Å². The molecule has 0 spiro atoms. The molecule has 22 heavy (non-hydrogen) atoms. The third kappa shape index (κ3) is 2.25. The number of hydrogen-bond acceptors (Lipinski definition) is 4. The van der Waals surface area contributed by atoms with Crippen LogP contribution in [0.25, 0.3) is 11.4 Å². The Labute approximate surface area is 129 Å². The lowest BCUT2D eigenvalue weighted by Gasteiger charge is -2.31. The summed E-state index contributed by atoms with van der Waals surface area (Å²) >= 11 is 0. The zero-order chi connectivity index (χ0) is 15.7. The monoisotopic (exact) mass is 295 g/mol. The molecule has 0 aliphatic carbocycles. The van der Waals surface area contributed by atoms with Crippen LogP contribution in [0.15, 0.2) is 24.3 Å². The number of rotatable bonds is 3. The number of carbonyl (C=O) groups excluding carboxylic acids is 1. The van der Waals surface area contributed by atoms with Gasteiger partial charge in [-0.3, -0.25) is 9.36 Å². The minimum absolute atomic E-state index is 0.0897. The molecule has 0 bridgehead atoms. The van der Waals surface area contributed by atoms with Crippen molar-refractivity contribution in [1.29, 1.82) is 5.26 Å². The van der Waals surface area contributed by atoms with Gasteiger partial charge in [0.1, 0.15) is 6.04 Å². The third-order valence-corrected chi connectivity index (χ3v) is 3.90. The number of carbonyl (C=O) groups is 1. The van der Waals surface area contributed by atoms with Gasteiger partial charge in [0.05, 0.1) is 18.2 Å². The smallest absolute Gasteiger partial charge is 0.245 e. The van der Waals surface area contributed by atoms with Gasteiger partial charge in [0, 0.05) is 12.1 Å². The Morgan fingerprint density at radius 2 is 2.23 bits per heavy atom. The Hall–Kier alpha value is -2.68. The molecular weight excluding hydrogens is 278 g/mol. The number of amides is 1. The zero-order valence-electron chi connectivity index (χ0n) is 12.7. The van der Waals surface area contributed by atoms with E-state index in [-0.39, 0.29) is 11.9 Å². The largest absolute Gasteiger partial charge is 0.333 e. The molecule has 1 aliphatic heterocycles. The second-order valence-corrected chi connectivity index (χ2v) is 5.44. The number of nitriles is 1. The van der Waals surface area contributed by atoms with E-state index in [1.54, 1.807) is 12.1 Å². The molecule has 112 valence electrons. The van der Waals surface area contributed by atoms with Crippen molar-refractivity contribution in [3.8, 4) is 17.5 Å². The second kappa shape index (κ2) is 5.60.